The van der Waals surface area contributed by atoms with E-state index in [-0.39, 0.29) is 5.41 Å². The van der Waals surface area contributed by atoms with Crippen LogP contribution in [-0.4, -0.2) is 20.1 Å². The first-order chi connectivity index (χ1) is 16.4. The largest absolute Gasteiger partial charge is 0.486 e. The molecule has 7 heteroatoms. The van der Waals surface area contributed by atoms with E-state index in [1.807, 2.05) is 42.5 Å². The zero-order valence-corrected chi connectivity index (χ0v) is 19.7. The van der Waals surface area contributed by atoms with Crippen molar-refractivity contribution in [3.63, 3.8) is 0 Å². The van der Waals surface area contributed by atoms with Gasteiger partial charge in [0.1, 0.15) is 12.4 Å². The van der Waals surface area contributed by atoms with Crippen molar-refractivity contribution in [1.82, 2.24) is 20.1 Å². The molecule has 7 nitrogen and oxygen atoms in total. The van der Waals surface area contributed by atoms with Crippen LogP contribution in [-0.2, 0) is 17.6 Å². The fourth-order valence-electron chi connectivity index (χ4n) is 4.05. The molecule has 0 radical (unpaired) electrons. The van der Waals surface area contributed by atoms with Crippen LogP contribution in [0, 0.1) is 5.92 Å². The molecule has 1 aromatic carbocycles. The predicted molar refractivity (Wildman–Crippen MR) is 129 cm³/mol. The van der Waals surface area contributed by atoms with Gasteiger partial charge in [0.25, 0.3) is 0 Å². The summed E-state index contributed by atoms with van der Waals surface area (Å²) in [6.45, 7) is 7.06. The Kier molecular flexibility index (Phi) is 5.65. The number of benzene rings is 1. The Morgan fingerprint density at radius 1 is 1.06 bits per heavy atom. The maximum atomic E-state index is 6.18. The topological polar surface area (TPSA) is 100.0 Å². The minimum atomic E-state index is -0.430. The lowest BCUT2D eigenvalue weighted by atomic mass is 9.70. The highest BCUT2D eigenvalue weighted by Gasteiger charge is 2.45. The van der Waals surface area contributed by atoms with Gasteiger partial charge in [-0.1, -0.05) is 49.3 Å². The Labute approximate surface area is 199 Å². The summed E-state index contributed by atoms with van der Waals surface area (Å²) in [5, 5.41) is 4.13. The van der Waals surface area contributed by atoms with Gasteiger partial charge in [-0.05, 0) is 55.5 Å². The smallest absolute Gasteiger partial charge is 0.247 e. The van der Waals surface area contributed by atoms with Crippen molar-refractivity contribution in [2.24, 2.45) is 11.7 Å². The summed E-state index contributed by atoms with van der Waals surface area (Å²) in [5.74, 6) is 2.12. The van der Waals surface area contributed by atoms with Gasteiger partial charge in [0.15, 0.2) is 0 Å². The number of aromatic nitrogens is 4. The van der Waals surface area contributed by atoms with Crippen molar-refractivity contribution in [2.45, 2.75) is 51.2 Å². The van der Waals surface area contributed by atoms with Crippen LogP contribution in [0.4, 0.5) is 0 Å². The molecule has 0 amide bonds. The minimum absolute atomic E-state index is 0.282. The first kappa shape index (κ1) is 22.2. The number of ether oxygens (including phenoxy) is 1. The number of hydrogen-bond acceptors (Lipinski definition) is 7. The normalized spacial score (nSPS) is 16.3. The van der Waals surface area contributed by atoms with Crippen molar-refractivity contribution in [1.29, 1.82) is 0 Å². The van der Waals surface area contributed by atoms with Crippen molar-refractivity contribution in [3.8, 4) is 17.1 Å². The van der Waals surface area contributed by atoms with Gasteiger partial charge in [0, 0.05) is 17.2 Å². The van der Waals surface area contributed by atoms with Gasteiger partial charge < -0.3 is 15.0 Å². The molecule has 0 spiro atoms. The number of nitrogens with zero attached hydrogens (tertiary/aromatic N) is 4. The average molecular weight is 456 g/mol. The van der Waals surface area contributed by atoms with E-state index in [9.17, 15) is 0 Å². The highest BCUT2D eigenvalue weighted by Crippen LogP contribution is 2.42. The lowest BCUT2D eigenvalue weighted by Gasteiger charge is -2.34. The average Bonchev–Trinajstić information content (AvgIpc) is 3.41. The fourth-order valence-corrected chi connectivity index (χ4v) is 4.05. The SMILES string of the molecule is CC(C)C(C)(c1ccc(-c2noc(C3(N)CC3)n2)cc1)c1ccc(OCc2ccccn2)cn1. The standard InChI is InChI=1S/C27H29N5O2/c1-18(2)26(3,23-12-11-22(16-30-23)33-17-21-6-4-5-15-29-21)20-9-7-19(8-10-20)24-31-25(34-32-24)27(28)13-14-27/h4-12,15-16,18H,13-14,17,28H2,1-3H3. The van der Waals surface area contributed by atoms with E-state index in [1.54, 1.807) is 12.4 Å². The quantitative estimate of drug-likeness (QED) is 0.398. The molecule has 0 bridgehead atoms. The number of hydrogen-bond donors (Lipinski definition) is 1. The van der Waals surface area contributed by atoms with Crippen molar-refractivity contribution < 1.29 is 9.26 Å². The summed E-state index contributed by atoms with van der Waals surface area (Å²) in [6.07, 6.45) is 5.33. The maximum Gasteiger partial charge on any atom is 0.247 e. The van der Waals surface area contributed by atoms with Crippen molar-refractivity contribution in [2.75, 3.05) is 0 Å². The van der Waals surface area contributed by atoms with Gasteiger partial charge >= 0.3 is 0 Å². The lowest BCUT2D eigenvalue weighted by Crippen LogP contribution is -2.31. The number of pyridine rings is 2. The number of rotatable bonds is 8. The molecule has 2 N–H and O–H groups in total. The number of nitrogens with two attached hydrogens (primary N) is 1. The molecular weight excluding hydrogens is 426 g/mol. The van der Waals surface area contributed by atoms with Crippen LogP contribution < -0.4 is 10.5 Å². The van der Waals surface area contributed by atoms with Crippen LogP contribution in [0.25, 0.3) is 11.4 Å². The Bertz CT molecular complexity index is 1250. The Morgan fingerprint density at radius 3 is 2.47 bits per heavy atom. The third-order valence-corrected chi connectivity index (χ3v) is 6.92. The van der Waals surface area contributed by atoms with Crippen LogP contribution in [0.1, 0.15) is 56.5 Å². The monoisotopic (exact) mass is 455 g/mol. The maximum absolute atomic E-state index is 6.18. The van der Waals surface area contributed by atoms with Gasteiger partial charge in [-0.2, -0.15) is 4.98 Å². The Hall–Kier alpha value is -3.58. The van der Waals surface area contributed by atoms with Crippen LogP contribution in [0.5, 0.6) is 5.75 Å². The zero-order chi connectivity index (χ0) is 23.8. The van der Waals surface area contributed by atoms with Crippen LogP contribution in [0.2, 0.25) is 0 Å². The molecular formula is C27H29N5O2. The third kappa shape index (κ3) is 4.19. The summed E-state index contributed by atoms with van der Waals surface area (Å²) in [7, 11) is 0. The second kappa shape index (κ2) is 8.65. The predicted octanol–water partition coefficient (Wildman–Crippen LogP) is 5.02. The summed E-state index contributed by atoms with van der Waals surface area (Å²) >= 11 is 0. The molecule has 1 saturated carbocycles. The molecule has 34 heavy (non-hydrogen) atoms. The molecule has 0 aliphatic heterocycles. The van der Waals surface area contributed by atoms with Gasteiger partial charge in [-0.3, -0.25) is 9.97 Å². The van der Waals surface area contributed by atoms with Crippen LogP contribution in [0.15, 0.2) is 71.5 Å². The highest BCUT2D eigenvalue weighted by molar-refractivity contribution is 5.56. The summed E-state index contributed by atoms with van der Waals surface area (Å²) in [6, 6.07) is 18.1. The minimum Gasteiger partial charge on any atom is -0.486 e. The second-order valence-electron chi connectivity index (χ2n) is 9.50. The van der Waals surface area contributed by atoms with E-state index in [0.29, 0.717) is 24.2 Å². The van der Waals surface area contributed by atoms with E-state index in [2.05, 4.69) is 48.0 Å². The van der Waals surface area contributed by atoms with Crippen molar-refractivity contribution >= 4 is 0 Å². The van der Waals surface area contributed by atoms with Gasteiger partial charge in [0.05, 0.1) is 23.1 Å². The molecule has 5 rings (SSSR count). The van der Waals surface area contributed by atoms with Crippen LogP contribution in [0.3, 0.4) is 0 Å². The molecule has 1 fully saturated rings. The van der Waals surface area contributed by atoms with Gasteiger partial charge in [-0.25, -0.2) is 0 Å². The lowest BCUT2D eigenvalue weighted by molar-refractivity contribution is 0.299. The van der Waals surface area contributed by atoms with Crippen LogP contribution >= 0.6 is 0 Å². The molecule has 1 aliphatic carbocycles. The molecule has 3 heterocycles. The van der Waals surface area contributed by atoms with E-state index in [4.69, 9.17) is 20.0 Å². The molecule has 4 aromatic rings. The molecule has 0 saturated heterocycles. The molecule has 1 aliphatic rings. The first-order valence-corrected chi connectivity index (χ1v) is 11.6. The Balaban J connectivity index is 1.35. The third-order valence-electron chi connectivity index (χ3n) is 6.92. The molecule has 1 unspecified atom stereocenters. The molecule has 174 valence electrons. The van der Waals surface area contributed by atoms with E-state index in [1.165, 1.54) is 5.56 Å². The highest BCUT2D eigenvalue weighted by atomic mass is 16.5. The molecule has 3 aromatic heterocycles. The second-order valence-corrected chi connectivity index (χ2v) is 9.50. The van der Waals surface area contributed by atoms with E-state index >= 15 is 0 Å². The van der Waals surface area contributed by atoms with E-state index in [0.717, 1.165) is 35.5 Å². The summed E-state index contributed by atoms with van der Waals surface area (Å²) in [5.41, 5.74) is 9.41. The summed E-state index contributed by atoms with van der Waals surface area (Å²) < 4.78 is 11.3. The zero-order valence-electron chi connectivity index (χ0n) is 19.7. The van der Waals surface area contributed by atoms with Gasteiger partial charge in [-0.15, -0.1) is 0 Å². The van der Waals surface area contributed by atoms with Crippen molar-refractivity contribution in [3.05, 3.63) is 89.8 Å². The first-order valence-electron chi connectivity index (χ1n) is 11.6. The Morgan fingerprint density at radius 2 is 1.85 bits per heavy atom. The fraction of sp³-hybridized carbons (Fsp3) is 0.333. The van der Waals surface area contributed by atoms with E-state index < -0.39 is 5.54 Å². The van der Waals surface area contributed by atoms with Gasteiger partial charge in [0.2, 0.25) is 11.7 Å². The molecule has 1 atom stereocenters. The summed E-state index contributed by atoms with van der Waals surface area (Å²) in [4.78, 5) is 13.6.